The maximum atomic E-state index is 11.8. The molecule has 1 atom stereocenters. The standard InChI is InChI=1S/C11H14BrNO2S/c1-15-10(14)11(5-2-6-11)9(13)7-3-4-8(12)16-7/h3-4,9H,2,5-6,13H2,1H3. The van der Waals surface area contributed by atoms with Gasteiger partial charge in [0.15, 0.2) is 0 Å². The summed E-state index contributed by atoms with van der Waals surface area (Å²) >= 11 is 4.99. The van der Waals surface area contributed by atoms with Gasteiger partial charge in [-0.2, -0.15) is 0 Å². The molecule has 0 aromatic carbocycles. The number of rotatable bonds is 3. The van der Waals surface area contributed by atoms with Crippen molar-refractivity contribution in [3.63, 3.8) is 0 Å². The van der Waals surface area contributed by atoms with Gasteiger partial charge in [0, 0.05) is 4.88 Å². The molecule has 0 aliphatic heterocycles. The summed E-state index contributed by atoms with van der Waals surface area (Å²) in [6, 6.07) is 3.69. The molecule has 0 amide bonds. The Bertz CT molecular complexity index is 400. The Kier molecular flexibility index (Phi) is 3.37. The fourth-order valence-corrected chi connectivity index (χ4v) is 3.71. The number of esters is 1. The molecule has 3 nitrogen and oxygen atoms in total. The van der Waals surface area contributed by atoms with E-state index in [0.717, 1.165) is 27.9 Å². The van der Waals surface area contributed by atoms with E-state index in [4.69, 9.17) is 10.5 Å². The van der Waals surface area contributed by atoms with Crippen LogP contribution in [0.5, 0.6) is 0 Å². The van der Waals surface area contributed by atoms with Crippen LogP contribution in [0.4, 0.5) is 0 Å². The number of hydrogen-bond acceptors (Lipinski definition) is 4. The van der Waals surface area contributed by atoms with E-state index in [1.807, 2.05) is 12.1 Å². The summed E-state index contributed by atoms with van der Waals surface area (Å²) in [5.41, 5.74) is 5.73. The number of hydrogen-bond donors (Lipinski definition) is 1. The summed E-state index contributed by atoms with van der Waals surface area (Å²) in [6.07, 6.45) is 2.71. The molecule has 1 heterocycles. The smallest absolute Gasteiger partial charge is 0.313 e. The molecular weight excluding hydrogens is 290 g/mol. The van der Waals surface area contributed by atoms with E-state index < -0.39 is 5.41 Å². The Hall–Kier alpha value is -0.390. The maximum absolute atomic E-state index is 11.8. The predicted molar refractivity (Wildman–Crippen MR) is 67.2 cm³/mol. The predicted octanol–water partition coefficient (Wildman–Crippen LogP) is 2.85. The van der Waals surface area contributed by atoms with Crippen LogP contribution < -0.4 is 5.73 Å². The number of carbonyl (C=O) groups excluding carboxylic acids is 1. The Morgan fingerprint density at radius 2 is 2.31 bits per heavy atom. The first-order valence-corrected chi connectivity index (χ1v) is 6.80. The van der Waals surface area contributed by atoms with Crippen LogP contribution in [0.1, 0.15) is 30.2 Å². The molecular formula is C11H14BrNO2S. The highest BCUT2D eigenvalue weighted by molar-refractivity contribution is 9.11. The van der Waals surface area contributed by atoms with Crippen molar-refractivity contribution in [1.29, 1.82) is 0 Å². The second-order valence-corrected chi connectivity index (χ2v) is 6.62. The van der Waals surface area contributed by atoms with E-state index in [1.54, 1.807) is 11.3 Å². The van der Waals surface area contributed by atoms with E-state index in [9.17, 15) is 4.79 Å². The van der Waals surface area contributed by atoms with Gasteiger partial charge in [-0.05, 0) is 40.9 Å². The first-order chi connectivity index (χ1) is 7.60. The molecule has 1 aromatic rings. The van der Waals surface area contributed by atoms with Gasteiger partial charge in [-0.25, -0.2) is 0 Å². The van der Waals surface area contributed by atoms with E-state index in [1.165, 1.54) is 7.11 Å². The van der Waals surface area contributed by atoms with Gasteiger partial charge in [-0.1, -0.05) is 6.42 Å². The van der Waals surface area contributed by atoms with Crippen LogP contribution in [0.2, 0.25) is 0 Å². The van der Waals surface area contributed by atoms with E-state index in [0.29, 0.717) is 0 Å². The molecule has 1 unspecified atom stereocenters. The van der Waals surface area contributed by atoms with Gasteiger partial charge >= 0.3 is 5.97 Å². The molecule has 88 valence electrons. The topological polar surface area (TPSA) is 52.3 Å². The molecule has 0 radical (unpaired) electrons. The van der Waals surface area contributed by atoms with Crippen molar-refractivity contribution in [3.05, 3.63) is 20.8 Å². The van der Waals surface area contributed by atoms with Crippen molar-refractivity contribution in [2.75, 3.05) is 7.11 Å². The highest BCUT2D eigenvalue weighted by atomic mass is 79.9. The average molecular weight is 304 g/mol. The Morgan fingerprint density at radius 1 is 1.62 bits per heavy atom. The fraction of sp³-hybridized carbons (Fsp3) is 0.545. The molecule has 1 saturated carbocycles. The third-order valence-corrected chi connectivity index (χ3v) is 5.04. The van der Waals surface area contributed by atoms with Crippen LogP contribution in [-0.4, -0.2) is 13.1 Å². The lowest BCUT2D eigenvalue weighted by Gasteiger charge is -2.42. The van der Waals surface area contributed by atoms with Crippen molar-refractivity contribution >= 4 is 33.2 Å². The van der Waals surface area contributed by atoms with E-state index in [2.05, 4.69) is 15.9 Å². The fourth-order valence-electron chi connectivity index (χ4n) is 2.17. The van der Waals surface area contributed by atoms with Gasteiger partial charge in [0.25, 0.3) is 0 Å². The molecule has 1 aliphatic rings. The monoisotopic (exact) mass is 303 g/mol. The summed E-state index contributed by atoms with van der Waals surface area (Å²) in [5, 5.41) is 0. The summed E-state index contributed by atoms with van der Waals surface area (Å²) in [4.78, 5) is 12.9. The normalized spacial score (nSPS) is 19.9. The number of halogens is 1. The first-order valence-electron chi connectivity index (χ1n) is 5.19. The summed E-state index contributed by atoms with van der Waals surface area (Å²) in [6.45, 7) is 0. The molecule has 0 bridgehead atoms. The van der Waals surface area contributed by atoms with Crippen LogP contribution in [-0.2, 0) is 9.53 Å². The zero-order chi connectivity index (χ0) is 11.8. The van der Waals surface area contributed by atoms with Crippen LogP contribution in [0.3, 0.4) is 0 Å². The maximum Gasteiger partial charge on any atom is 0.313 e. The zero-order valence-corrected chi connectivity index (χ0v) is 11.4. The average Bonchev–Trinajstić information content (AvgIpc) is 2.62. The summed E-state index contributed by atoms with van der Waals surface area (Å²) in [7, 11) is 1.43. The van der Waals surface area contributed by atoms with Crippen molar-refractivity contribution in [2.45, 2.75) is 25.3 Å². The van der Waals surface area contributed by atoms with E-state index in [-0.39, 0.29) is 12.0 Å². The van der Waals surface area contributed by atoms with Gasteiger partial charge in [0.1, 0.15) is 0 Å². The molecule has 0 saturated heterocycles. The molecule has 16 heavy (non-hydrogen) atoms. The Balaban J connectivity index is 2.25. The number of ether oxygens (including phenoxy) is 1. The van der Waals surface area contributed by atoms with Crippen LogP contribution in [0, 0.1) is 5.41 Å². The minimum Gasteiger partial charge on any atom is -0.469 e. The molecule has 2 N–H and O–H groups in total. The molecule has 1 fully saturated rings. The minimum atomic E-state index is -0.487. The molecule has 5 heteroatoms. The number of nitrogens with two attached hydrogens (primary N) is 1. The minimum absolute atomic E-state index is 0.171. The van der Waals surface area contributed by atoms with Crippen molar-refractivity contribution in [3.8, 4) is 0 Å². The van der Waals surface area contributed by atoms with Gasteiger partial charge in [0.05, 0.1) is 22.4 Å². The van der Waals surface area contributed by atoms with Crippen LogP contribution in [0.25, 0.3) is 0 Å². The SMILES string of the molecule is COC(=O)C1(C(N)c2ccc(Br)s2)CCC1. The van der Waals surface area contributed by atoms with Crippen molar-refractivity contribution < 1.29 is 9.53 Å². The Labute approximate surface area is 107 Å². The number of thiophene rings is 1. The molecule has 0 spiro atoms. The largest absolute Gasteiger partial charge is 0.469 e. The van der Waals surface area contributed by atoms with Crippen molar-refractivity contribution in [2.24, 2.45) is 11.1 Å². The quantitative estimate of drug-likeness (QED) is 0.874. The third-order valence-electron chi connectivity index (χ3n) is 3.33. The van der Waals surface area contributed by atoms with Crippen molar-refractivity contribution in [1.82, 2.24) is 0 Å². The highest BCUT2D eigenvalue weighted by Crippen LogP contribution is 2.51. The lowest BCUT2D eigenvalue weighted by molar-refractivity contribution is -0.160. The lowest BCUT2D eigenvalue weighted by atomic mass is 9.64. The van der Waals surface area contributed by atoms with Gasteiger partial charge in [0.2, 0.25) is 0 Å². The number of methoxy groups -OCH3 is 1. The van der Waals surface area contributed by atoms with Gasteiger partial charge < -0.3 is 10.5 Å². The second kappa shape index (κ2) is 4.47. The summed E-state index contributed by atoms with van der Waals surface area (Å²) < 4.78 is 5.92. The van der Waals surface area contributed by atoms with Gasteiger partial charge in [-0.15, -0.1) is 11.3 Å². The summed E-state index contributed by atoms with van der Waals surface area (Å²) in [5.74, 6) is -0.171. The molecule has 2 rings (SSSR count). The highest BCUT2D eigenvalue weighted by Gasteiger charge is 2.50. The lowest BCUT2D eigenvalue weighted by Crippen LogP contribution is -2.47. The van der Waals surface area contributed by atoms with E-state index >= 15 is 0 Å². The third kappa shape index (κ3) is 1.81. The van der Waals surface area contributed by atoms with Crippen LogP contribution in [0.15, 0.2) is 15.9 Å². The molecule has 1 aromatic heterocycles. The number of carbonyl (C=O) groups is 1. The van der Waals surface area contributed by atoms with Gasteiger partial charge in [-0.3, -0.25) is 4.79 Å². The Morgan fingerprint density at radius 3 is 2.69 bits per heavy atom. The first kappa shape index (κ1) is 12.1. The zero-order valence-electron chi connectivity index (χ0n) is 9.03. The van der Waals surface area contributed by atoms with Crippen LogP contribution >= 0.6 is 27.3 Å². The second-order valence-electron chi connectivity index (χ2n) is 4.12. The molecule has 1 aliphatic carbocycles.